The molecule has 10 nitrogen and oxygen atoms in total. The van der Waals surface area contributed by atoms with Gasteiger partial charge in [-0.2, -0.15) is 15.2 Å². The number of benzene rings is 2. The van der Waals surface area contributed by atoms with Gasteiger partial charge in [-0.15, -0.1) is 0 Å². The highest BCUT2D eigenvalue weighted by Crippen LogP contribution is 2.36. The van der Waals surface area contributed by atoms with E-state index >= 15 is 0 Å². The first-order chi connectivity index (χ1) is 22.0. The normalized spacial score (nSPS) is 20.5. The van der Waals surface area contributed by atoms with Gasteiger partial charge in [-0.25, -0.2) is 0 Å². The van der Waals surface area contributed by atoms with Crippen molar-refractivity contribution in [3.63, 3.8) is 0 Å². The zero-order valence-electron chi connectivity index (χ0n) is 26.6. The molecule has 0 radical (unpaired) electrons. The first kappa shape index (κ1) is 30.8. The van der Waals surface area contributed by atoms with Gasteiger partial charge in [0.25, 0.3) is 0 Å². The van der Waals surface area contributed by atoms with E-state index in [2.05, 4.69) is 71.1 Å². The van der Waals surface area contributed by atoms with Crippen LogP contribution in [0.3, 0.4) is 0 Å². The van der Waals surface area contributed by atoms with E-state index < -0.39 is 0 Å². The van der Waals surface area contributed by atoms with E-state index in [1.807, 2.05) is 0 Å². The molecule has 6 rings (SSSR count). The average Bonchev–Trinajstić information content (AvgIpc) is 3.47. The fraction of sp³-hybridized carbons (Fsp3) is 0.486. The van der Waals surface area contributed by atoms with Crippen molar-refractivity contribution in [1.82, 2.24) is 19.8 Å². The number of fused-ring (bicyclic) bond motifs is 2. The first-order valence-corrected chi connectivity index (χ1v) is 16.0. The summed E-state index contributed by atoms with van der Waals surface area (Å²) >= 11 is 0. The van der Waals surface area contributed by atoms with E-state index in [0.717, 1.165) is 43.0 Å². The van der Waals surface area contributed by atoms with Crippen molar-refractivity contribution < 1.29 is 14.3 Å². The summed E-state index contributed by atoms with van der Waals surface area (Å²) in [6, 6.07) is 15.8. The van der Waals surface area contributed by atoms with Crippen LogP contribution in [-0.2, 0) is 22.5 Å². The molecule has 2 saturated heterocycles. The Labute approximate surface area is 265 Å². The number of amides is 1. The number of hydrogen-bond donors (Lipinski definition) is 0. The van der Waals surface area contributed by atoms with Gasteiger partial charge in [-0.3, -0.25) is 4.79 Å². The second-order valence-electron chi connectivity index (χ2n) is 12.3. The Bertz CT molecular complexity index is 1600. The van der Waals surface area contributed by atoms with Crippen LogP contribution in [0.1, 0.15) is 36.1 Å². The molecule has 4 heterocycles. The molecule has 0 saturated carbocycles. The fourth-order valence-corrected chi connectivity index (χ4v) is 7.01. The number of piperazine rings is 1. The number of rotatable bonds is 9. The second kappa shape index (κ2) is 13.8. The lowest BCUT2D eigenvalue weighted by Crippen LogP contribution is -2.55. The molecule has 3 aromatic rings. The maximum Gasteiger partial charge on any atom is 0.318 e. The molecule has 0 bridgehead atoms. The minimum Gasteiger partial charge on any atom is -0.462 e. The van der Waals surface area contributed by atoms with Gasteiger partial charge in [0.2, 0.25) is 5.91 Å². The zero-order chi connectivity index (χ0) is 31.3. The Balaban J connectivity index is 1.31. The summed E-state index contributed by atoms with van der Waals surface area (Å²) in [7, 11) is 3.74. The number of methoxy groups -OCH3 is 1. The average molecular weight is 610 g/mol. The van der Waals surface area contributed by atoms with Crippen molar-refractivity contribution >= 4 is 28.2 Å². The number of anilines is 2. The van der Waals surface area contributed by atoms with Gasteiger partial charge in [0.15, 0.2) is 0 Å². The van der Waals surface area contributed by atoms with Gasteiger partial charge in [-0.1, -0.05) is 36.4 Å². The monoisotopic (exact) mass is 609 g/mol. The largest absolute Gasteiger partial charge is 0.462 e. The van der Waals surface area contributed by atoms with Crippen molar-refractivity contribution in [3.05, 3.63) is 65.4 Å². The van der Waals surface area contributed by atoms with E-state index in [9.17, 15) is 10.1 Å². The Morgan fingerprint density at radius 2 is 1.93 bits per heavy atom. The molecule has 236 valence electrons. The molecule has 1 aromatic heterocycles. The number of likely N-dealkylation sites (N-methyl/N-ethyl adjacent to an activating group) is 1. The van der Waals surface area contributed by atoms with Gasteiger partial charge in [0.1, 0.15) is 12.4 Å². The van der Waals surface area contributed by atoms with E-state index in [4.69, 9.17) is 19.4 Å². The quantitative estimate of drug-likeness (QED) is 0.332. The van der Waals surface area contributed by atoms with Crippen molar-refractivity contribution in [2.75, 3.05) is 69.9 Å². The molecule has 2 fully saturated rings. The van der Waals surface area contributed by atoms with Crippen LogP contribution in [-0.4, -0.2) is 97.9 Å². The molecular formula is C35H43N7O3. The van der Waals surface area contributed by atoms with Crippen LogP contribution in [0.4, 0.5) is 11.5 Å². The van der Waals surface area contributed by atoms with Crippen LogP contribution in [0.2, 0.25) is 0 Å². The third-order valence-corrected chi connectivity index (χ3v) is 9.45. The van der Waals surface area contributed by atoms with Crippen LogP contribution in [0.25, 0.3) is 10.8 Å². The van der Waals surface area contributed by atoms with Gasteiger partial charge < -0.3 is 29.1 Å². The van der Waals surface area contributed by atoms with Gasteiger partial charge in [0, 0.05) is 62.0 Å². The molecule has 45 heavy (non-hydrogen) atoms. The van der Waals surface area contributed by atoms with E-state index in [1.54, 1.807) is 24.2 Å². The summed E-state index contributed by atoms with van der Waals surface area (Å²) in [6.07, 6.45) is 6.58. The number of nitrogens with zero attached hydrogens (tertiary/aromatic N) is 7. The van der Waals surface area contributed by atoms with E-state index in [1.165, 1.54) is 28.4 Å². The van der Waals surface area contributed by atoms with Crippen molar-refractivity contribution in [2.24, 2.45) is 0 Å². The minimum atomic E-state index is -0.246. The van der Waals surface area contributed by atoms with Gasteiger partial charge >= 0.3 is 6.01 Å². The number of likely N-dealkylation sites (tertiary alicyclic amines) is 1. The summed E-state index contributed by atoms with van der Waals surface area (Å²) in [5.41, 5.74) is 4.58. The van der Waals surface area contributed by atoms with Crippen LogP contribution in [0, 0.1) is 18.3 Å². The number of ether oxygens (including phenoxy) is 2. The Hall–Kier alpha value is -4.20. The third kappa shape index (κ3) is 6.60. The third-order valence-electron chi connectivity index (χ3n) is 9.45. The maximum atomic E-state index is 13.0. The highest BCUT2D eigenvalue weighted by molar-refractivity contribution is 5.97. The Morgan fingerprint density at radius 3 is 2.71 bits per heavy atom. The molecule has 10 heteroatoms. The summed E-state index contributed by atoms with van der Waals surface area (Å²) in [4.78, 5) is 31.8. The molecule has 1 amide bonds. The van der Waals surface area contributed by atoms with Crippen molar-refractivity contribution in [3.8, 4) is 12.1 Å². The zero-order valence-corrected chi connectivity index (χ0v) is 26.6. The van der Waals surface area contributed by atoms with E-state index in [0.29, 0.717) is 51.4 Å². The Kier molecular flexibility index (Phi) is 9.47. The lowest BCUT2D eigenvalue weighted by molar-refractivity contribution is -0.128. The molecule has 0 spiro atoms. The molecule has 2 unspecified atom stereocenters. The second-order valence-corrected chi connectivity index (χ2v) is 12.3. The Morgan fingerprint density at radius 1 is 1.09 bits per heavy atom. The molecule has 0 N–H and O–H groups in total. The minimum absolute atomic E-state index is 0.0950. The van der Waals surface area contributed by atoms with Crippen LogP contribution >= 0.6 is 0 Å². The topological polar surface area (TPSA) is 98.1 Å². The number of hydrogen-bond acceptors (Lipinski definition) is 9. The highest BCUT2D eigenvalue weighted by Gasteiger charge is 2.34. The summed E-state index contributed by atoms with van der Waals surface area (Å²) in [5.74, 6) is 0.774. The molecule has 3 aliphatic heterocycles. The number of nitriles is 1. The number of aryl methyl sites for hydroxylation is 1. The standard InChI is InChI=1S/C35H43N7O3/c1-25-8-4-9-26-10-5-12-31(33(25)26)40-18-15-29-30(23-40)37-35(45-24-28-11-6-17-39(28)2)38-34(29)41-19-20-42(27(22-41)14-16-36)32(43)13-7-21-44-3/h4-5,7-10,12-13,27-28H,6,11,14-15,17-24H2,1-3H3/b13-7+. The highest BCUT2D eigenvalue weighted by atomic mass is 16.5. The number of carbonyl (C=O) groups excluding carboxylic acids is 1. The molecule has 0 aliphatic carbocycles. The van der Waals surface area contributed by atoms with Gasteiger partial charge in [0.05, 0.1) is 37.4 Å². The van der Waals surface area contributed by atoms with Gasteiger partial charge in [-0.05, 0) is 56.8 Å². The van der Waals surface area contributed by atoms with Crippen molar-refractivity contribution in [1.29, 1.82) is 5.26 Å². The lowest BCUT2D eigenvalue weighted by atomic mass is 9.99. The lowest BCUT2D eigenvalue weighted by Gasteiger charge is -2.42. The summed E-state index contributed by atoms with van der Waals surface area (Å²) in [6.45, 7) is 7.32. The fourth-order valence-electron chi connectivity index (χ4n) is 7.01. The molecule has 2 aromatic carbocycles. The van der Waals surface area contributed by atoms with Crippen LogP contribution in [0.5, 0.6) is 6.01 Å². The van der Waals surface area contributed by atoms with Crippen molar-refractivity contribution in [2.45, 2.75) is 51.2 Å². The molecule has 2 atom stereocenters. The smallest absolute Gasteiger partial charge is 0.318 e. The van der Waals surface area contributed by atoms with E-state index in [-0.39, 0.29) is 18.4 Å². The van der Waals surface area contributed by atoms with Crippen LogP contribution in [0.15, 0.2) is 48.6 Å². The maximum absolute atomic E-state index is 13.0. The molecule has 3 aliphatic rings. The molecular weight excluding hydrogens is 566 g/mol. The summed E-state index contributed by atoms with van der Waals surface area (Å²) in [5, 5.41) is 12.2. The number of aromatic nitrogens is 2. The predicted molar refractivity (Wildman–Crippen MR) is 176 cm³/mol. The van der Waals surface area contributed by atoms with Crippen LogP contribution < -0.4 is 14.5 Å². The SMILES string of the molecule is COC/C=C/C(=O)N1CCN(c2nc(OCC3CCCN3C)nc3c2CCN(c2cccc4cccc(C)c24)C3)CC1CC#N. The predicted octanol–water partition coefficient (Wildman–Crippen LogP) is 4.11. The number of carbonyl (C=O) groups is 1. The first-order valence-electron chi connectivity index (χ1n) is 16.0. The summed E-state index contributed by atoms with van der Waals surface area (Å²) < 4.78 is 11.4.